The van der Waals surface area contributed by atoms with Gasteiger partial charge in [-0.2, -0.15) is 0 Å². The fourth-order valence-electron chi connectivity index (χ4n) is 1.94. The van der Waals surface area contributed by atoms with Crippen molar-refractivity contribution in [3.63, 3.8) is 0 Å². The van der Waals surface area contributed by atoms with Gasteiger partial charge in [0.1, 0.15) is 5.75 Å². The lowest BCUT2D eigenvalue weighted by molar-refractivity contribution is 0.111. The van der Waals surface area contributed by atoms with Gasteiger partial charge >= 0.3 is 0 Å². The summed E-state index contributed by atoms with van der Waals surface area (Å²) in [7, 11) is 1.65. The Kier molecular flexibility index (Phi) is 2.08. The average molecular weight is 179 g/mol. The maximum absolute atomic E-state index is 10.7. The molecule has 3 nitrogen and oxygen atoms in total. The maximum atomic E-state index is 10.7. The van der Waals surface area contributed by atoms with E-state index in [4.69, 9.17) is 4.74 Å². The molecule has 1 aliphatic heterocycles. The van der Waals surface area contributed by atoms with Gasteiger partial charge in [0.15, 0.2) is 6.29 Å². The quantitative estimate of drug-likeness (QED) is 0.646. The van der Waals surface area contributed by atoms with Gasteiger partial charge < -0.3 is 9.30 Å². The third kappa shape index (κ3) is 1.24. The smallest absolute Gasteiger partial charge is 0.166 e. The van der Waals surface area contributed by atoms with Crippen LogP contribution in [0.15, 0.2) is 6.07 Å². The molecule has 70 valence electrons. The first kappa shape index (κ1) is 8.35. The summed E-state index contributed by atoms with van der Waals surface area (Å²) in [6.45, 7) is 0.951. The van der Waals surface area contributed by atoms with E-state index < -0.39 is 0 Å². The summed E-state index contributed by atoms with van der Waals surface area (Å²) in [6, 6.07) is 1.83. The number of aromatic nitrogens is 1. The van der Waals surface area contributed by atoms with Gasteiger partial charge in [-0.3, -0.25) is 4.79 Å². The van der Waals surface area contributed by atoms with Crippen LogP contribution in [0.4, 0.5) is 0 Å². The first-order valence-electron chi connectivity index (χ1n) is 4.58. The molecule has 0 spiro atoms. The highest BCUT2D eigenvalue weighted by molar-refractivity contribution is 5.74. The van der Waals surface area contributed by atoms with Crippen LogP contribution in [-0.4, -0.2) is 18.0 Å². The molecule has 0 N–H and O–H groups in total. The van der Waals surface area contributed by atoms with Crippen LogP contribution in [0.3, 0.4) is 0 Å². The van der Waals surface area contributed by atoms with Gasteiger partial charge in [0.2, 0.25) is 0 Å². The number of fused-ring (bicyclic) bond motifs is 1. The topological polar surface area (TPSA) is 31.2 Å². The summed E-state index contributed by atoms with van der Waals surface area (Å²) in [5.41, 5.74) is 1.92. The van der Waals surface area contributed by atoms with E-state index in [2.05, 4.69) is 4.57 Å². The van der Waals surface area contributed by atoms with Gasteiger partial charge in [0, 0.05) is 12.6 Å². The van der Waals surface area contributed by atoms with Crippen LogP contribution in [0.2, 0.25) is 0 Å². The lowest BCUT2D eigenvalue weighted by Gasteiger charge is -2.16. The van der Waals surface area contributed by atoms with E-state index in [0.717, 1.165) is 37.1 Å². The fourth-order valence-corrected chi connectivity index (χ4v) is 1.94. The van der Waals surface area contributed by atoms with Crippen LogP contribution in [-0.2, 0) is 13.0 Å². The number of nitrogens with zero attached hydrogens (tertiary/aromatic N) is 1. The van der Waals surface area contributed by atoms with Crippen molar-refractivity contribution in [3.8, 4) is 5.75 Å². The molecule has 0 fully saturated rings. The van der Waals surface area contributed by atoms with E-state index in [9.17, 15) is 4.79 Å². The molecule has 3 heteroatoms. The molecule has 0 amide bonds. The Morgan fingerprint density at radius 1 is 1.54 bits per heavy atom. The number of ether oxygens (including phenoxy) is 1. The molecular weight excluding hydrogens is 166 g/mol. The monoisotopic (exact) mass is 179 g/mol. The van der Waals surface area contributed by atoms with Gasteiger partial charge in [-0.05, 0) is 19.3 Å². The number of methoxy groups -OCH3 is 1. The van der Waals surface area contributed by atoms with Crippen LogP contribution in [0.5, 0.6) is 5.75 Å². The summed E-state index contributed by atoms with van der Waals surface area (Å²) >= 11 is 0. The van der Waals surface area contributed by atoms with Gasteiger partial charge in [0.25, 0.3) is 0 Å². The van der Waals surface area contributed by atoms with E-state index in [1.54, 1.807) is 7.11 Å². The molecule has 0 unspecified atom stereocenters. The minimum atomic E-state index is 0.742. The van der Waals surface area contributed by atoms with E-state index in [-0.39, 0.29) is 0 Å². The van der Waals surface area contributed by atoms with E-state index >= 15 is 0 Å². The average Bonchev–Trinajstić information content (AvgIpc) is 2.56. The van der Waals surface area contributed by atoms with Crippen molar-refractivity contribution in [2.45, 2.75) is 25.8 Å². The molecule has 0 atom stereocenters. The number of rotatable bonds is 2. The first-order valence-corrected chi connectivity index (χ1v) is 4.58. The van der Waals surface area contributed by atoms with Gasteiger partial charge in [0.05, 0.1) is 18.5 Å². The number of aldehydes is 1. The zero-order chi connectivity index (χ0) is 9.26. The fraction of sp³-hybridized carbons (Fsp3) is 0.500. The van der Waals surface area contributed by atoms with Crippen LogP contribution >= 0.6 is 0 Å². The minimum Gasteiger partial charge on any atom is -0.495 e. The third-order valence-corrected chi connectivity index (χ3v) is 2.59. The molecule has 0 saturated heterocycles. The molecule has 1 aromatic heterocycles. The van der Waals surface area contributed by atoms with E-state index in [1.807, 2.05) is 6.07 Å². The standard InChI is InChI=1S/C10H13NO2/c1-13-10-6-8(7-12)11-5-3-2-4-9(10)11/h6-7H,2-5H2,1H3. The Morgan fingerprint density at radius 3 is 3.08 bits per heavy atom. The third-order valence-electron chi connectivity index (χ3n) is 2.59. The lowest BCUT2D eigenvalue weighted by atomic mass is 10.1. The second-order valence-electron chi connectivity index (χ2n) is 3.31. The van der Waals surface area contributed by atoms with E-state index in [0.29, 0.717) is 0 Å². The number of hydrogen-bond acceptors (Lipinski definition) is 2. The molecule has 0 aromatic carbocycles. The summed E-state index contributed by atoms with van der Waals surface area (Å²) in [5, 5.41) is 0. The van der Waals surface area contributed by atoms with Crippen LogP contribution in [0.1, 0.15) is 29.0 Å². The molecule has 0 bridgehead atoms. The Hall–Kier alpha value is -1.25. The molecule has 1 aliphatic rings. The molecule has 0 saturated carbocycles. The van der Waals surface area contributed by atoms with Crippen LogP contribution < -0.4 is 4.74 Å². The van der Waals surface area contributed by atoms with Crippen molar-refractivity contribution in [3.05, 3.63) is 17.5 Å². The van der Waals surface area contributed by atoms with Gasteiger partial charge in [-0.15, -0.1) is 0 Å². The van der Waals surface area contributed by atoms with E-state index in [1.165, 1.54) is 12.1 Å². The van der Waals surface area contributed by atoms with Crippen molar-refractivity contribution < 1.29 is 9.53 Å². The molecule has 2 rings (SSSR count). The first-order chi connectivity index (χ1) is 6.36. The summed E-state index contributed by atoms with van der Waals surface area (Å²) in [4.78, 5) is 10.7. The Labute approximate surface area is 77.3 Å². The predicted octanol–water partition coefficient (Wildman–Crippen LogP) is 1.65. The zero-order valence-electron chi connectivity index (χ0n) is 7.75. The van der Waals surface area contributed by atoms with Crippen molar-refractivity contribution in [1.29, 1.82) is 0 Å². The lowest BCUT2D eigenvalue weighted by Crippen LogP contribution is -2.12. The Balaban J connectivity index is 2.50. The maximum Gasteiger partial charge on any atom is 0.166 e. The SMILES string of the molecule is COc1cc(C=O)n2c1CCCC2. The van der Waals surface area contributed by atoms with Crippen LogP contribution in [0.25, 0.3) is 0 Å². The zero-order valence-corrected chi connectivity index (χ0v) is 7.75. The summed E-state index contributed by atoms with van der Waals surface area (Å²) < 4.78 is 7.28. The predicted molar refractivity (Wildman–Crippen MR) is 49.3 cm³/mol. The molecule has 0 aliphatic carbocycles. The normalized spacial score (nSPS) is 15.2. The number of hydrogen-bond donors (Lipinski definition) is 0. The molecule has 0 radical (unpaired) electrons. The summed E-state index contributed by atoms with van der Waals surface area (Å²) in [6.07, 6.45) is 4.28. The van der Waals surface area contributed by atoms with Crippen molar-refractivity contribution >= 4 is 6.29 Å². The Morgan fingerprint density at radius 2 is 2.38 bits per heavy atom. The molecular formula is C10H13NO2. The second-order valence-corrected chi connectivity index (χ2v) is 3.31. The van der Waals surface area contributed by atoms with Crippen LogP contribution in [0, 0.1) is 0 Å². The van der Waals surface area contributed by atoms with Gasteiger partial charge in [-0.1, -0.05) is 0 Å². The minimum absolute atomic E-state index is 0.742. The van der Waals surface area contributed by atoms with Crippen molar-refractivity contribution in [1.82, 2.24) is 4.57 Å². The Bertz CT molecular complexity index is 328. The summed E-state index contributed by atoms with van der Waals surface area (Å²) in [5.74, 6) is 0.863. The molecule has 2 heterocycles. The highest BCUT2D eigenvalue weighted by Crippen LogP contribution is 2.28. The molecule has 1 aromatic rings. The van der Waals surface area contributed by atoms with Gasteiger partial charge in [-0.25, -0.2) is 0 Å². The molecule has 13 heavy (non-hydrogen) atoms. The highest BCUT2D eigenvalue weighted by atomic mass is 16.5. The van der Waals surface area contributed by atoms with Crippen molar-refractivity contribution in [2.24, 2.45) is 0 Å². The highest BCUT2D eigenvalue weighted by Gasteiger charge is 2.17. The number of carbonyl (C=O) groups is 1. The second kappa shape index (κ2) is 3.24. The number of carbonyl (C=O) groups excluding carboxylic acids is 1. The largest absolute Gasteiger partial charge is 0.495 e. The van der Waals surface area contributed by atoms with Crippen molar-refractivity contribution in [2.75, 3.05) is 7.11 Å².